The summed E-state index contributed by atoms with van der Waals surface area (Å²) >= 11 is 5.61. The largest absolute Gasteiger partial charge is 0.451 e. The van der Waals surface area contributed by atoms with Gasteiger partial charge in [-0.1, -0.05) is 15.9 Å². The molecule has 0 saturated carbocycles. The summed E-state index contributed by atoms with van der Waals surface area (Å²) < 4.78 is 7.62. The van der Waals surface area contributed by atoms with Gasteiger partial charge in [0.2, 0.25) is 0 Å². The molecule has 0 unspecified atom stereocenters. The van der Waals surface area contributed by atoms with Crippen LogP contribution in [0.2, 0.25) is 0 Å². The summed E-state index contributed by atoms with van der Waals surface area (Å²) in [6.07, 6.45) is 0. The Balaban J connectivity index is 1.86. The number of carbonyl (C=O) groups excluding carboxylic acids is 1. The molecule has 3 aromatic rings. The molecule has 3 nitrogen and oxygen atoms in total. The van der Waals surface area contributed by atoms with E-state index in [2.05, 4.69) is 43.8 Å². The fourth-order valence-corrected chi connectivity index (χ4v) is 2.59. The van der Waals surface area contributed by atoms with E-state index in [0.717, 1.165) is 19.1 Å². The van der Waals surface area contributed by atoms with Gasteiger partial charge in [0, 0.05) is 19.1 Å². The maximum absolute atomic E-state index is 12.1. The summed E-state index contributed by atoms with van der Waals surface area (Å²) in [6, 6.07) is 15.0. The third kappa shape index (κ3) is 2.88. The van der Waals surface area contributed by atoms with Crippen LogP contribution >= 0.6 is 38.5 Å². The molecular weight excluding hydrogens is 433 g/mol. The first-order valence-electron chi connectivity index (χ1n) is 5.88. The van der Waals surface area contributed by atoms with E-state index in [0.29, 0.717) is 11.3 Å². The zero-order chi connectivity index (χ0) is 14.1. The van der Waals surface area contributed by atoms with Gasteiger partial charge in [-0.15, -0.1) is 0 Å². The molecule has 2 aromatic carbocycles. The normalized spacial score (nSPS) is 10.7. The van der Waals surface area contributed by atoms with Crippen molar-refractivity contribution in [1.29, 1.82) is 0 Å². The number of hydrogen-bond donors (Lipinski definition) is 1. The van der Waals surface area contributed by atoms with Crippen LogP contribution in [0.4, 0.5) is 5.69 Å². The summed E-state index contributed by atoms with van der Waals surface area (Å²) in [4.78, 5) is 12.1. The summed E-state index contributed by atoms with van der Waals surface area (Å²) in [6.45, 7) is 0. The van der Waals surface area contributed by atoms with E-state index in [4.69, 9.17) is 4.42 Å². The summed E-state index contributed by atoms with van der Waals surface area (Å²) in [5.74, 6) is 0.0511. The van der Waals surface area contributed by atoms with Crippen molar-refractivity contribution >= 4 is 61.1 Å². The first-order chi connectivity index (χ1) is 9.61. The van der Waals surface area contributed by atoms with Gasteiger partial charge in [0.15, 0.2) is 5.76 Å². The van der Waals surface area contributed by atoms with Gasteiger partial charge in [-0.2, -0.15) is 0 Å². The molecule has 0 radical (unpaired) electrons. The first-order valence-corrected chi connectivity index (χ1v) is 7.75. The van der Waals surface area contributed by atoms with Gasteiger partial charge in [0.25, 0.3) is 5.91 Å². The van der Waals surface area contributed by atoms with Crippen LogP contribution in [0.3, 0.4) is 0 Å². The number of fused-ring (bicyclic) bond motifs is 1. The van der Waals surface area contributed by atoms with Crippen molar-refractivity contribution in [2.75, 3.05) is 5.32 Å². The van der Waals surface area contributed by atoms with Crippen LogP contribution in [0.1, 0.15) is 10.6 Å². The van der Waals surface area contributed by atoms with Crippen molar-refractivity contribution in [3.8, 4) is 0 Å². The lowest BCUT2D eigenvalue weighted by atomic mass is 10.2. The minimum absolute atomic E-state index is 0.251. The molecule has 0 bridgehead atoms. The Kier molecular flexibility index (Phi) is 3.80. The third-order valence-corrected chi connectivity index (χ3v) is 4.02. The van der Waals surface area contributed by atoms with Gasteiger partial charge in [-0.25, -0.2) is 0 Å². The average Bonchev–Trinajstić information content (AvgIpc) is 2.84. The fraction of sp³-hybridized carbons (Fsp3) is 0. The Hall–Kier alpha value is -1.34. The molecule has 20 heavy (non-hydrogen) atoms. The molecular formula is C15H9BrINO2. The summed E-state index contributed by atoms with van der Waals surface area (Å²) in [5.41, 5.74) is 1.44. The standard InChI is InChI=1S/C15H9BrINO2/c16-10-1-6-13-9(7-10)8-14(20-13)15(19)18-12-4-2-11(17)3-5-12/h1-8H,(H,18,19). The minimum atomic E-state index is -0.251. The minimum Gasteiger partial charge on any atom is -0.451 e. The van der Waals surface area contributed by atoms with Crippen LogP contribution in [0.25, 0.3) is 11.0 Å². The second kappa shape index (κ2) is 5.57. The van der Waals surface area contributed by atoms with E-state index in [-0.39, 0.29) is 5.91 Å². The number of benzene rings is 2. The van der Waals surface area contributed by atoms with Crippen molar-refractivity contribution in [3.63, 3.8) is 0 Å². The van der Waals surface area contributed by atoms with Crippen LogP contribution in [0.15, 0.2) is 57.4 Å². The van der Waals surface area contributed by atoms with E-state index < -0.39 is 0 Å². The Morgan fingerprint density at radius 2 is 1.85 bits per heavy atom. The van der Waals surface area contributed by atoms with Crippen molar-refractivity contribution in [2.24, 2.45) is 0 Å². The van der Waals surface area contributed by atoms with Crippen LogP contribution in [0.5, 0.6) is 0 Å². The number of hydrogen-bond acceptors (Lipinski definition) is 2. The van der Waals surface area contributed by atoms with Crippen LogP contribution < -0.4 is 5.32 Å². The van der Waals surface area contributed by atoms with E-state index in [9.17, 15) is 4.79 Å². The highest BCUT2D eigenvalue weighted by molar-refractivity contribution is 14.1. The molecule has 0 aliphatic heterocycles. The van der Waals surface area contributed by atoms with Crippen LogP contribution in [-0.4, -0.2) is 5.91 Å². The molecule has 0 aliphatic rings. The molecule has 0 saturated heterocycles. The molecule has 0 fully saturated rings. The summed E-state index contributed by atoms with van der Waals surface area (Å²) in [5, 5.41) is 3.71. The van der Waals surface area contributed by atoms with Gasteiger partial charge >= 0.3 is 0 Å². The molecule has 0 aliphatic carbocycles. The molecule has 1 heterocycles. The molecule has 100 valence electrons. The van der Waals surface area contributed by atoms with Crippen molar-refractivity contribution < 1.29 is 9.21 Å². The monoisotopic (exact) mass is 441 g/mol. The summed E-state index contributed by atoms with van der Waals surface area (Å²) in [7, 11) is 0. The molecule has 0 atom stereocenters. The number of anilines is 1. The van der Waals surface area contributed by atoms with Gasteiger partial charge < -0.3 is 9.73 Å². The molecule has 1 N–H and O–H groups in total. The molecule has 1 amide bonds. The van der Waals surface area contributed by atoms with Gasteiger partial charge in [-0.05, 0) is 71.1 Å². The highest BCUT2D eigenvalue weighted by Gasteiger charge is 2.12. The Bertz CT molecular complexity index is 780. The van der Waals surface area contributed by atoms with Gasteiger partial charge in [0.05, 0.1) is 0 Å². The van der Waals surface area contributed by atoms with Crippen molar-refractivity contribution in [3.05, 3.63) is 62.3 Å². The number of halogens is 2. The maximum Gasteiger partial charge on any atom is 0.291 e. The number of amides is 1. The quantitative estimate of drug-likeness (QED) is 0.565. The number of rotatable bonds is 2. The second-order valence-corrected chi connectivity index (χ2v) is 6.42. The lowest BCUT2D eigenvalue weighted by molar-refractivity contribution is 0.0998. The predicted molar refractivity (Wildman–Crippen MR) is 91.0 cm³/mol. The van der Waals surface area contributed by atoms with E-state index >= 15 is 0 Å². The zero-order valence-electron chi connectivity index (χ0n) is 10.2. The molecule has 1 aromatic heterocycles. The fourth-order valence-electron chi connectivity index (χ4n) is 1.85. The Morgan fingerprint density at radius 3 is 2.60 bits per heavy atom. The topological polar surface area (TPSA) is 42.2 Å². The smallest absolute Gasteiger partial charge is 0.291 e. The van der Waals surface area contributed by atoms with Crippen LogP contribution in [-0.2, 0) is 0 Å². The first kappa shape index (κ1) is 13.6. The van der Waals surface area contributed by atoms with Crippen molar-refractivity contribution in [1.82, 2.24) is 0 Å². The lowest BCUT2D eigenvalue weighted by Gasteiger charge is -2.02. The van der Waals surface area contributed by atoms with Gasteiger partial charge in [-0.3, -0.25) is 4.79 Å². The van der Waals surface area contributed by atoms with E-state index in [1.165, 1.54) is 0 Å². The molecule has 5 heteroatoms. The lowest BCUT2D eigenvalue weighted by Crippen LogP contribution is -2.10. The Labute approximate surface area is 137 Å². The SMILES string of the molecule is O=C(Nc1ccc(I)cc1)c1cc2cc(Br)ccc2o1. The van der Waals surface area contributed by atoms with E-state index in [1.54, 1.807) is 6.07 Å². The second-order valence-electron chi connectivity index (χ2n) is 4.25. The zero-order valence-corrected chi connectivity index (χ0v) is 13.9. The molecule has 0 spiro atoms. The van der Waals surface area contributed by atoms with Gasteiger partial charge in [0.1, 0.15) is 5.58 Å². The highest BCUT2D eigenvalue weighted by atomic mass is 127. The number of carbonyl (C=O) groups is 1. The molecule has 3 rings (SSSR count). The maximum atomic E-state index is 12.1. The van der Waals surface area contributed by atoms with Crippen LogP contribution in [0, 0.1) is 3.57 Å². The average molecular weight is 442 g/mol. The highest BCUT2D eigenvalue weighted by Crippen LogP contribution is 2.24. The third-order valence-electron chi connectivity index (χ3n) is 2.80. The van der Waals surface area contributed by atoms with E-state index in [1.807, 2.05) is 42.5 Å². The number of furan rings is 1. The Morgan fingerprint density at radius 1 is 1.10 bits per heavy atom. The number of nitrogens with one attached hydrogen (secondary N) is 1. The van der Waals surface area contributed by atoms with Crippen molar-refractivity contribution in [2.45, 2.75) is 0 Å². The predicted octanol–water partition coefficient (Wildman–Crippen LogP) is 5.05.